The molecular formula is C18H19ClN4O3S. The predicted octanol–water partition coefficient (Wildman–Crippen LogP) is 3.60. The molecule has 9 heteroatoms. The summed E-state index contributed by atoms with van der Waals surface area (Å²) in [5.41, 5.74) is 2.15. The second-order valence-corrected chi connectivity index (χ2v) is 7.15. The van der Waals surface area contributed by atoms with Crippen LogP contribution in [0.1, 0.15) is 18.5 Å². The van der Waals surface area contributed by atoms with Crippen LogP contribution in [0.3, 0.4) is 0 Å². The molecule has 3 aromatic rings. The monoisotopic (exact) mass is 406 g/mol. The number of H-pyrrole nitrogens is 1. The average Bonchev–Trinajstić information content (AvgIpc) is 3.07. The molecule has 0 fully saturated rings. The van der Waals surface area contributed by atoms with Gasteiger partial charge in [-0.1, -0.05) is 23.4 Å². The topological polar surface area (TPSA) is 89.1 Å². The van der Waals surface area contributed by atoms with Crippen molar-refractivity contribution in [1.29, 1.82) is 0 Å². The van der Waals surface area contributed by atoms with Gasteiger partial charge in [-0.25, -0.2) is 9.97 Å². The van der Waals surface area contributed by atoms with Gasteiger partial charge in [0.25, 0.3) is 0 Å². The van der Waals surface area contributed by atoms with Crippen molar-refractivity contribution in [2.24, 2.45) is 0 Å². The second-order valence-electron chi connectivity index (χ2n) is 5.75. The zero-order valence-electron chi connectivity index (χ0n) is 15.1. The number of methoxy groups -OCH3 is 2. The molecule has 0 saturated carbocycles. The van der Waals surface area contributed by atoms with E-state index in [1.165, 1.54) is 18.0 Å². The Bertz CT molecular complexity index is 963. The highest BCUT2D eigenvalue weighted by molar-refractivity contribution is 7.99. The fourth-order valence-electron chi connectivity index (χ4n) is 2.59. The van der Waals surface area contributed by atoms with Gasteiger partial charge in [0.1, 0.15) is 11.5 Å². The molecule has 1 atom stereocenters. The number of imidazole rings is 1. The number of carbonyl (C=O) groups excluding carboxylic acids is 1. The molecule has 0 saturated heterocycles. The number of hydrogen-bond acceptors (Lipinski definition) is 6. The molecule has 2 aromatic heterocycles. The Balaban J connectivity index is 1.63. The van der Waals surface area contributed by atoms with Crippen LogP contribution in [0, 0.1) is 0 Å². The standard InChI is InChI=1S/C18H19ClN4O3S/c1-10(13-7-12(25-2)4-5-15(13)26-3)21-16(24)9-27-18-22-14-6-11(19)8-20-17(14)23-18/h4-8,10H,9H2,1-3H3,(H,21,24)(H,20,22,23)/t10-/m1/s1. The first-order chi connectivity index (χ1) is 13.0. The third-order valence-corrected chi connectivity index (χ3v) is 4.98. The van der Waals surface area contributed by atoms with E-state index in [1.54, 1.807) is 20.3 Å². The minimum Gasteiger partial charge on any atom is -0.497 e. The number of nitrogens with zero attached hydrogens (tertiary/aromatic N) is 2. The van der Waals surface area contributed by atoms with E-state index < -0.39 is 0 Å². The van der Waals surface area contributed by atoms with E-state index in [0.717, 1.165) is 11.1 Å². The number of pyridine rings is 1. The van der Waals surface area contributed by atoms with Crippen LogP contribution in [0.15, 0.2) is 35.6 Å². The minimum absolute atomic E-state index is 0.121. The maximum atomic E-state index is 12.3. The van der Waals surface area contributed by atoms with Gasteiger partial charge in [-0.05, 0) is 31.2 Å². The molecule has 0 aliphatic carbocycles. The van der Waals surface area contributed by atoms with E-state index in [4.69, 9.17) is 21.1 Å². The zero-order chi connectivity index (χ0) is 19.4. The fourth-order valence-corrected chi connectivity index (χ4v) is 3.44. The number of hydrogen-bond donors (Lipinski definition) is 2. The van der Waals surface area contributed by atoms with Crippen molar-refractivity contribution in [3.63, 3.8) is 0 Å². The van der Waals surface area contributed by atoms with Crippen molar-refractivity contribution in [1.82, 2.24) is 20.3 Å². The Morgan fingerprint density at radius 3 is 2.89 bits per heavy atom. The average molecular weight is 407 g/mol. The Hall–Kier alpha value is -2.45. The summed E-state index contributed by atoms with van der Waals surface area (Å²) in [5.74, 6) is 1.49. The predicted molar refractivity (Wildman–Crippen MR) is 106 cm³/mol. The number of thioether (sulfide) groups is 1. The summed E-state index contributed by atoms with van der Waals surface area (Å²) in [6.07, 6.45) is 1.54. The first-order valence-electron chi connectivity index (χ1n) is 8.15. The number of ether oxygens (including phenoxy) is 2. The number of aromatic amines is 1. The number of carbonyl (C=O) groups is 1. The van der Waals surface area contributed by atoms with Crippen LogP contribution in [-0.2, 0) is 4.79 Å². The number of rotatable bonds is 7. The van der Waals surface area contributed by atoms with Gasteiger partial charge in [0.15, 0.2) is 10.8 Å². The second kappa shape index (κ2) is 8.49. The maximum absolute atomic E-state index is 12.3. The molecular weight excluding hydrogens is 388 g/mol. The number of nitrogens with one attached hydrogen (secondary N) is 2. The maximum Gasteiger partial charge on any atom is 0.230 e. The summed E-state index contributed by atoms with van der Waals surface area (Å²) in [6.45, 7) is 1.90. The number of benzene rings is 1. The van der Waals surface area contributed by atoms with Crippen LogP contribution < -0.4 is 14.8 Å². The molecule has 0 aliphatic heterocycles. The number of aromatic nitrogens is 3. The molecule has 0 bridgehead atoms. The summed E-state index contributed by atoms with van der Waals surface area (Å²) in [5, 5.41) is 4.10. The van der Waals surface area contributed by atoms with Crippen LogP contribution in [0.5, 0.6) is 11.5 Å². The Morgan fingerprint density at radius 2 is 2.15 bits per heavy atom. The van der Waals surface area contributed by atoms with Gasteiger partial charge in [-0.15, -0.1) is 0 Å². The number of halogens is 1. The molecule has 1 aromatic carbocycles. The minimum atomic E-state index is -0.237. The third kappa shape index (κ3) is 4.64. The van der Waals surface area contributed by atoms with Crippen LogP contribution in [0.4, 0.5) is 0 Å². The summed E-state index contributed by atoms with van der Waals surface area (Å²) < 4.78 is 10.6. The Morgan fingerprint density at radius 1 is 1.33 bits per heavy atom. The van der Waals surface area contributed by atoms with Crippen LogP contribution >= 0.6 is 23.4 Å². The normalized spacial score (nSPS) is 12.0. The lowest BCUT2D eigenvalue weighted by atomic mass is 10.1. The van der Waals surface area contributed by atoms with E-state index in [1.807, 2.05) is 25.1 Å². The third-order valence-electron chi connectivity index (χ3n) is 3.90. The molecule has 0 spiro atoms. The molecule has 1 amide bonds. The Labute approximate surface area is 165 Å². The smallest absolute Gasteiger partial charge is 0.230 e. The van der Waals surface area contributed by atoms with Crippen LogP contribution in [0.25, 0.3) is 11.2 Å². The number of fused-ring (bicyclic) bond motifs is 1. The molecule has 3 rings (SSSR count). The molecule has 2 N–H and O–H groups in total. The van der Waals surface area contributed by atoms with Gasteiger partial charge in [0, 0.05) is 11.8 Å². The highest BCUT2D eigenvalue weighted by Gasteiger charge is 2.16. The summed E-state index contributed by atoms with van der Waals surface area (Å²) in [4.78, 5) is 23.9. The lowest BCUT2D eigenvalue weighted by Crippen LogP contribution is -2.28. The van der Waals surface area contributed by atoms with Crippen molar-refractivity contribution < 1.29 is 14.3 Å². The summed E-state index contributed by atoms with van der Waals surface area (Å²) in [7, 11) is 3.19. The van der Waals surface area contributed by atoms with E-state index in [0.29, 0.717) is 27.3 Å². The highest BCUT2D eigenvalue weighted by Crippen LogP contribution is 2.29. The SMILES string of the molecule is COc1ccc(OC)c([C@@H](C)NC(=O)CSc2nc3ncc(Cl)cc3[nH]2)c1. The first-order valence-corrected chi connectivity index (χ1v) is 9.52. The van der Waals surface area contributed by atoms with E-state index >= 15 is 0 Å². The van der Waals surface area contributed by atoms with Crippen LogP contribution in [-0.4, -0.2) is 40.8 Å². The Kier molecular flexibility index (Phi) is 6.08. The van der Waals surface area contributed by atoms with Crippen molar-refractivity contribution >= 4 is 40.4 Å². The van der Waals surface area contributed by atoms with Gasteiger partial charge in [0.2, 0.25) is 5.91 Å². The molecule has 142 valence electrons. The zero-order valence-corrected chi connectivity index (χ0v) is 16.6. The quantitative estimate of drug-likeness (QED) is 0.583. The summed E-state index contributed by atoms with van der Waals surface area (Å²) >= 11 is 7.21. The molecule has 0 unspecified atom stereocenters. The first kappa shape index (κ1) is 19.3. The molecule has 0 aliphatic rings. The van der Waals surface area contributed by atoms with Gasteiger partial charge < -0.3 is 19.8 Å². The van der Waals surface area contributed by atoms with Gasteiger partial charge in [0.05, 0.1) is 36.6 Å². The highest BCUT2D eigenvalue weighted by atomic mass is 35.5. The fraction of sp³-hybridized carbons (Fsp3) is 0.278. The van der Waals surface area contributed by atoms with Gasteiger partial charge in [-0.2, -0.15) is 0 Å². The van der Waals surface area contributed by atoms with Gasteiger partial charge in [-0.3, -0.25) is 4.79 Å². The van der Waals surface area contributed by atoms with Crippen molar-refractivity contribution in [2.75, 3.05) is 20.0 Å². The van der Waals surface area contributed by atoms with E-state index in [-0.39, 0.29) is 17.7 Å². The number of amides is 1. The van der Waals surface area contributed by atoms with Crippen LogP contribution in [0.2, 0.25) is 5.02 Å². The molecule has 0 radical (unpaired) electrons. The van der Waals surface area contributed by atoms with Crippen molar-refractivity contribution in [3.8, 4) is 11.5 Å². The lowest BCUT2D eigenvalue weighted by molar-refractivity contribution is -0.119. The molecule has 2 heterocycles. The van der Waals surface area contributed by atoms with Crippen molar-refractivity contribution in [2.45, 2.75) is 18.1 Å². The summed E-state index contributed by atoms with van der Waals surface area (Å²) in [6, 6.07) is 7.00. The van der Waals surface area contributed by atoms with Crippen molar-refractivity contribution in [3.05, 3.63) is 41.0 Å². The van der Waals surface area contributed by atoms with E-state index in [2.05, 4.69) is 20.3 Å². The molecule has 7 nitrogen and oxygen atoms in total. The largest absolute Gasteiger partial charge is 0.497 e. The van der Waals surface area contributed by atoms with E-state index in [9.17, 15) is 4.79 Å². The van der Waals surface area contributed by atoms with Gasteiger partial charge >= 0.3 is 0 Å². The lowest BCUT2D eigenvalue weighted by Gasteiger charge is -2.18. The molecule has 27 heavy (non-hydrogen) atoms.